The molecule has 2 aliphatic rings. The topological polar surface area (TPSA) is 108 Å². The zero-order valence-corrected chi connectivity index (χ0v) is 20.2. The first-order valence-electron chi connectivity index (χ1n) is 12.6. The van der Waals surface area contributed by atoms with E-state index in [2.05, 4.69) is 36.2 Å². The Morgan fingerprint density at radius 3 is 2.50 bits per heavy atom. The van der Waals surface area contributed by atoms with Crippen molar-refractivity contribution in [3.63, 3.8) is 0 Å². The van der Waals surface area contributed by atoms with Crippen LogP contribution in [0.4, 0.5) is 0 Å². The Balaban J connectivity index is 1.56. The van der Waals surface area contributed by atoms with E-state index in [0.29, 0.717) is 29.7 Å². The number of hydrogen-bond acceptors (Lipinski definition) is 6. The van der Waals surface area contributed by atoms with Gasteiger partial charge in [-0.05, 0) is 62.2 Å². The molecule has 0 radical (unpaired) electrons. The van der Waals surface area contributed by atoms with E-state index in [1.165, 1.54) is 32.1 Å². The van der Waals surface area contributed by atoms with Crippen molar-refractivity contribution in [3.8, 4) is 0 Å². The molecule has 0 aliphatic heterocycles. The number of carbonyl (C=O) groups is 1. The molecule has 0 aromatic carbocycles. The molecule has 3 N–H and O–H groups in total. The minimum atomic E-state index is -0.822. The van der Waals surface area contributed by atoms with Gasteiger partial charge in [-0.1, -0.05) is 51.6 Å². The molecule has 1 heterocycles. The first-order chi connectivity index (χ1) is 15.2. The first-order valence-corrected chi connectivity index (χ1v) is 12.6. The summed E-state index contributed by atoms with van der Waals surface area (Å²) in [5.74, 6) is -0.0206. The van der Waals surface area contributed by atoms with Crippen molar-refractivity contribution in [1.82, 2.24) is 15.5 Å². The van der Waals surface area contributed by atoms with E-state index in [1.54, 1.807) is 0 Å². The van der Waals surface area contributed by atoms with E-state index < -0.39 is 5.97 Å². The minimum Gasteiger partial charge on any atom is -0.481 e. The highest BCUT2D eigenvalue weighted by Gasteiger charge is 2.42. The molecule has 0 amide bonds. The van der Waals surface area contributed by atoms with Crippen molar-refractivity contribution in [3.05, 3.63) is 11.7 Å². The third kappa shape index (κ3) is 6.77. The summed E-state index contributed by atoms with van der Waals surface area (Å²) in [5.41, 5.74) is 0.602. The molecular formula is C25H43N3O4. The number of aliphatic hydroxyl groups is 1. The van der Waals surface area contributed by atoms with E-state index in [4.69, 9.17) is 4.52 Å². The standard InChI is InChI=1S/C25H43N3O4/c1-24(2,3)25(13-5-4-6-14-25)15-7-8-18(16-22(30)31)23-27-21(28-32-23)17-26-19-9-11-20(29)12-10-19/h18-20,26,29H,4-17H2,1-3H3,(H,30,31). The molecule has 2 fully saturated rings. The Morgan fingerprint density at radius 2 is 1.88 bits per heavy atom. The highest BCUT2D eigenvalue weighted by molar-refractivity contribution is 5.67. The summed E-state index contributed by atoms with van der Waals surface area (Å²) in [4.78, 5) is 16.1. The predicted octanol–water partition coefficient (Wildman–Crippen LogP) is 5.19. The van der Waals surface area contributed by atoms with Crippen molar-refractivity contribution < 1.29 is 19.5 Å². The average Bonchev–Trinajstić information content (AvgIpc) is 3.21. The molecule has 32 heavy (non-hydrogen) atoms. The van der Waals surface area contributed by atoms with Crippen LogP contribution in [0.3, 0.4) is 0 Å². The summed E-state index contributed by atoms with van der Waals surface area (Å²) in [6, 6.07) is 0.360. The number of aliphatic hydroxyl groups excluding tert-OH is 1. The lowest BCUT2D eigenvalue weighted by atomic mass is 9.57. The minimum absolute atomic E-state index is 0.0259. The van der Waals surface area contributed by atoms with Crippen LogP contribution in [-0.4, -0.2) is 38.5 Å². The van der Waals surface area contributed by atoms with Gasteiger partial charge in [0.25, 0.3) is 0 Å². The fraction of sp³-hybridized carbons (Fsp3) is 0.880. The Labute approximate surface area is 192 Å². The third-order valence-electron chi connectivity index (χ3n) is 8.11. The van der Waals surface area contributed by atoms with Gasteiger partial charge in [0.1, 0.15) is 0 Å². The molecule has 0 saturated heterocycles. The van der Waals surface area contributed by atoms with E-state index in [0.717, 1.165) is 44.9 Å². The monoisotopic (exact) mass is 449 g/mol. The van der Waals surface area contributed by atoms with Gasteiger partial charge in [0, 0.05) is 12.0 Å². The molecule has 0 spiro atoms. The molecule has 182 valence electrons. The second kappa shape index (κ2) is 11.1. The van der Waals surface area contributed by atoms with Gasteiger partial charge in [-0.25, -0.2) is 0 Å². The number of nitrogens with zero attached hydrogens (tertiary/aromatic N) is 2. The lowest BCUT2D eigenvalue weighted by molar-refractivity contribution is -0.137. The van der Waals surface area contributed by atoms with Crippen LogP contribution >= 0.6 is 0 Å². The molecule has 1 aromatic rings. The number of aromatic nitrogens is 2. The van der Waals surface area contributed by atoms with Crippen molar-refractivity contribution in [2.24, 2.45) is 10.8 Å². The quantitative estimate of drug-likeness (QED) is 0.451. The van der Waals surface area contributed by atoms with Crippen LogP contribution in [0.15, 0.2) is 4.52 Å². The zero-order chi connectivity index (χ0) is 23.2. The van der Waals surface area contributed by atoms with Crippen molar-refractivity contribution in [1.29, 1.82) is 0 Å². The smallest absolute Gasteiger partial charge is 0.304 e. The van der Waals surface area contributed by atoms with E-state index >= 15 is 0 Å². The van der Waals surface area contributed by atoms with Gasteiger partial charge in [-0.3, -0.25) is 4.79 Å². The molecule has 1 aromatic heterocycles. The SMILES string of the molecule is CC(C)(C)C1(CCCC(CC(=O)O)c2nc(CNC3CCC(O)CC3)no2)CCCCC1. The average molecular weight is 450 g/mol. The van der Waals surface area contributed by atoms with E-state index in [1.807, 2.05) is 0 Å². The number of aliphatic carboxylic acids is 1. The number of nitrogens with one attached hydrogen (secondary N) is 1. The highest BCUT2D eigenvalue weighted by atomic mass is 16.5. The maximum Gasteiger partial charge on any atom is 0.304 e. The number of rotatable bonds is 10. The van der Waals surface area contributed by atoms with Crippen LogP contribution in [0.25, 0.3) is 0 Å². The Morgan fingerprint density at radius 1 is 1.19 bits per heavy atom. The maximum atomic E-state index is 11.5. The van der Waals surface area contributed by atoms with Gasteiger partial charge >= 0.3 is 5.97 Å². The van der Waals surface area contributed by atoms with Crippen LogP contribution in [0.1, 0.15) is 122 Å². The summed E-state index contributed by atoms with van der Waals surface area (Å²) < 4.78 is 5.52. The summed E-state index contributed by atoms with van der Waals surface area (Å²) in [7, 11) is 0. The predicted molar refractivity (Wildman–Crippen MR) is 123 cm³/mol. The van der Waals surface area contributed by atoms with Gasteiger partial charge in [-0.2, -0.15) is 4.98 Å². The summed E-state index contributed by atoms with van der Waals surface area (Å²) >= 11 is 0. The van der Waals surface area contributed by atoms with Crippen molar-refractivity contribution >= 4 is 5.97 Å². The van der Waals surface area contributed by atoms with Gasteiger partial charge < -0.3 is 20.1 Å². The lowest BCUT2D eigenvalue weighted by Gasteiger charge is -2.48. The fourth-order valence-corrected chi connectivity index (χ4v) is 5.83. The Kier molecular flexibility index (Phi) is 8.73. The van der Waals surface area contributed by atoms with Crippen LogP contribution in [0.2, 0.25) is 0 Å². The molecule has 2 saturated carbocycles. The molecule has 1 unspecified atom stereocenters. The largest absolute Gasteiger partial charge is 0.481 e. The van der Waals surface area contributed by atoms with Gasteiger partial charge in [0.2, 0.25) is 5.89 Å². The van der Waals surface area contributed by atoms with Crippen LogP contribution in [0.5, 0.6) is 0 Å². The van der Waals surface area contributed by atoms with Crippen LogP contribution in [-0.2, 0) is 11.3 Å². The van der Waals surface area contributed by atoms with Gasteiger partial charge in [0.05, 0.1) is 19.1 Å². The zero-order valence-electron chi connectivity index (χ0n) is 20.2. The van der Waals surface area contributed by atoms with E-state index in [9.17, 15) is 15.0 Å². The Hall–Kier alpha value is -1.47. The number of carboxylic acid groups (broad SMARTS) is 1. The van der Waals surface area contributed by atoms with Crippen LogP contribution < -0.4 is 5.32 Å². The Bertz CT molecular complexity index is 713. The lowest BCUT2D eigenvalue weighted by Crippen LogP contribution is -2.37. The number of hydrogen-bond donors (Lipinski definition) is 3. The van der Waals surface area contributed by atoms with E-state index in [-0.39, 0.29) is 23.9 Å². The second-order valence-corrected chi connectivity index (χ2v) is 11.2. The molecule has 2 aliphatic carbocycles. The molecule has 3 rings (SSSR count). The maximum absolute atomic E-state index is 11.5. The molecule has 7 nitrogen and oxygen atoms in total. The third-order valence-corrected chi connectivity index (χ3v) is 8.11. The number of carboxylic acids is 1. The van der Waals surface area contributed by atoms with Gasteiger partial charge in [-0.15, -0.1) is 0 Å². The van der Waals surface area contributed by atoms with Crippen molar-refractivity contribution in [2.45, 2.75) is 129 Å². The van der Waals surface area contributed by atoms with Gasteiger partial charge in [0.15, 0.2) is 5.82 Å². The molecule has 0 bridgehead atoms. The summed E-state index contributed by atoms with van der Waals surface area (Å²) in [6.45, 7) is 7.59. The molecular weight excluding hydrogens is 406 g/mol. The molecule has 1 atom stereocenters. The first kappa shape index (κ1) is 25.2. The highest BCUT2D eigenvalue weighted by Crippen LogP contribution is 2.53. The summed E-state index contributed by atoms with van der Waals surface area (Å²) in [5, 5.41) is 26.7. The van der Waals surface area contributed by atoms with Crippen LogP contribution in [0, 0.1) is 10.8 Å². The molecule has 7 heteroatoms. The van der Waals surface area contributed by atoms with Crippen molar-refractivity contribution in [2.75, 3.05) is 0 Å². The summed E-state index contributed by atoms with van der Waals surface area (Å²) in [6.07, 6.45) is 12.8. The second-order valence-electron chi connectivity index (χ2n) is 11.2. The fourth-order valence-electron chi connectivity index (χ4n) is 5.83. The normalized spacial score (nSPS) is 24.9.